The fraction of sp³-hybridized carbons (Fsp3) is 1.00. The number of piperazine rings is 2. The quantitative estimate of drug-likeness (QED) is 0.789. The van der Waals surface area contributed by atoms with Crippen molar-refractivity contribution in [3.05, 3.63) is 0 Å². The van der Waals surface area contributed by atoms with E-state index in [1.54, 1.807) is 0 Å². The normalized spacial score (nSPS) is 39.9. The predicted molar refractivity (Wildman–Crippen MR) is 95.6 cm³/mol. The fourth-order valence-electron chi connectivity index (χ4n) is 5.98. The summed E-state index contributed by atoms with van der Waals surface area (Å²) in [5.74, 6) is 0. The molecule has 4 heterocycles. The summed E-state index contributed by atoms with van der Waals surface area (Å²) in [6.07, 6.45) is 4.24. The van der Waals surface area contributed by atoms with Gasteiger partial charge in [0, 0.05) is 61.9 Å². The molecule has 4 saturated heterocycles. The summed E-state index contributed by atoms with van der Waals surface area (Å²) < 4.78 is 0. The molecular weight excluding hydrogens is 284 g/mol. The van der Waals surface area contributed by atoms with Crippen molar-refractivity contribution in [2.24, 2.45) is 0 Å². The maximum absolute atomic E-state index is 2.80. The van der Waals surface area contributed by atoms with Crippen LogP contribution in [0.4, 0.5) is 0 Å². The Hall–Kier alpha value is -0.160. The minimum absolute atomic E-state index is 0.341. The standard InChI is InChI=1S/C19H36N4/c1-14(2)23-15-6-7-16(23)10-20(9-15)13-21-11-18-8-17(21)12-22(18)19(3,4)5/h14-18H,6-13H2,1-5H3. The van der Waals surface area contributed by atoms with Crippen LogP contribution in [-0.2, 0) is 0 Å². The lowest BCUT2D eigenvalue weighted by atomic mass is 10.0. The number of fused-ring (bicyclic) bond motifs is 4. The average Bonchev–Trinajstić information content (AvgIpc) is 3.09. The van der Waals surface area contributed by atoms with Crippen molar-refractivity contribution < 1.29 is 0 Å². The minimum atomic E-state index is 0.341. The summed E-state index contributed by atoms with van der Waals surface area (Å²) in [5.41, 5.74) is 0.341. The third-order valence-corrected chi connectivity index (χ3v) is 6.81. The molecule has 0 saturated carbocycles. The molecule has 4 nitrogen and oxygen atoms in total. The lowest BCUT2D eigenvalue weighted by Gasteiger charge is -2.46. The molecule has 0 N–H and O–H groups in total. The Balaban J connectivity index is 1.34. The van der Waals surface area contributed by atoms with E-state index in [0.717, 1.165) is 30.2 Å². The van der Waals surface area contributed by atoms with Gasteiger partial charge in [-0.15, -0.1) is 0 Å². The molecule has 4 unspecified atom stereocenters. The fourth-order valence-corrected chi connectivity index (χ4v) is 5.98. The minimum Gasteiger partial charge on any atom is -0.293 e. The van der Waals surface area contributed by atoms with Crippen molar-refractivity contribution >= 4 is 0 Å². The van der Waals surface area contributed by atoms with Gasteiger partial charge in [0.05, 0.1) is 6.67 Å². The molecule has 23 heavy (non-hydrogen) atoms. The van der Waals surface area contributed by atoms with E-state index < -0.39 is 0 Å². The summed E-state index contributed by atoms with van der Waals surface area (Å²) in [6, 6.07) is 3.96. The van der Waals surface area contributed by atoms with Gasteiger partial charge in [-0.25, -0.2) is 0 Å². The molecule has 0 aliphatic carbocycles. The summed E-state index contributed by atoms with van der Waals surface area (Å²) in [6.45, 7) is 18.3. The van der Waals surface area contributed by atoms with Gasteiger partial charge in [-0.2, -0.15) is 0 Å². The molecule has 0 spiro atoms. The first-order valence-electron chi connectivity index (χ1n) is 9.83. The third-order valence-electron chi connectivity index (χ3n) is 6.81. The van der Waals surface area contributed by atoms with Crippen LogP contribution in [0.2, 0.25) is 0 Å². The van der Waals surface area contributed by atoms with Gasteiger partial charge in [0.15, 0.2) is 0 Å². The molecule has 4 aliphatic heterocycles. The Morgan fingerprint density at radius 1 is 0.870 bits per heavy atom. The van der Waals surface area contributed by atoms with Crippen molar-refractivity contribution in [1.82, 2.24) is 19.6 Å². The second kappa shape index (κ2) is 5.69. The largest absolute Gasteiger partial charge is 0.293 e. The summed E-state index contributed by atoms with van der Waals surface area (Å²) in [4.78, 5) is 11.1. The van der Waals surface area contributed by atoms with E-state index in [1.807, 2.05) is 0 Å². The van der Waals surface area contributed by atoms with E-state index in [-0.39, 0.29) is 0 Å². The Labute approximate surface area is 142 Å². The van der Waals surface area contributed by atoms with E-state index in [4.69, 9.17) is 0 Å². The van der Waals surface area contributed by atoms with Gasteiger partial charge in [-0.3, -0.25) is 19.6 Å². The molecule has 4 fully saturated rings. The number of nitrogens with zero attached hydrogens (tertiary/aromatic N) is 4. The van der Waals surface area contributed by atoms with Crippen molar-refractivity contribution in [3.8, 4) is 0 Å². The number of hydrogen-bond acceptors (Lipinski definition) is 4. The Morgan fingerprint density at radius 3 is 2.00 bits per heavy atom. The van der Waals surface area contributed by atoms with Crippen LogP contribution in [0.15, 0.2) is 0 Å². The van der Waals surface area contributed by atoms with Crippen LogP contribution < -0.4 is 0 Å². The van der Waals surface area contributed by atoms with Crippen LogP contribution in [0.1, 0.15) is 53.9 Å². The first-order valence-corrected chi connectivity index (χ1v) is 9.83. The molecule has 0 aromatic rings. The van der Waals surface area contributed by atoms with Gasteiger partial charge >= 0.3 is 0 Å². The Morgan fingerprint density at radius 2 is 1.52 bits per heavy atom. The number of hydrogen-bond donors (Lipinski definition) is 0. The molecular formula is C19H36N4. The molecule has 4 bridgehead atoms. The molecule has 0 aromatic carbocycles. The van der Waals surface area contributed by atoms with Crippen molar-refractivity contribution in [2.45, 2.75) is 89.6 Å². The maximum Gasteiger partial charge on any atom is 0.0511 e. The Kier molecular flexibility index (Phi) is 4.03. The highest BCUT2D eigenvalue weighted by Crippen LogP contribution is 2.37. The second-order valence-corrected chi connectivity index (χ2v) is 9.74. The molecule has 0 aromatic heterocycles. The van der Waals surface area contributed by atoms with Crippen molar-refractivity contribution in [2.75, 3.05) is 32.8 Å². The van der Waals surface area contributed by atoms with Crippen LogP contribution in [0, 0.1) is 0 Å². The van der Waals surface area contributed by atoms with Crippen molar-refractivity contribution in [3.63, 3.8) is 0 Å². The molecule has 4 atom stereocenters. The molecule has 0 amide bonds. The lowest BCUT2D eigenvalue weighted by Crippen LogP contribution is -2.60. The Bertz CT molecular complexity index is 429. The van der Waals surface area contributed by atoms with Crippen molar-refractivity contribution in [1.29, 1.82) is 0 Å². The monoisotopic (exact) mass is 320 g/mol. The van der Waals surface area contributed by atoms with E-state index in [9.17, 15) is 0 Å². The van der Waals surface area contributed by atoms with Crippen LogP contribution >= 0.6 is 0 Å². The zero-order valence-electron chi connectivity index (χ0n) is 15.8. The highest BCUT2D eigenvalue weighted by Gasteiger charge is 2.48. The van der Waals surface area contributed by atoms with E-state index in [1.165, 1.54) is 52.1 Å². The lowest BCUT2D eigenvalue weighted by molar-refractivity contribution is -0.00977. The number of rotatable bonds is 3. The van der Waals surface area contributed by atoms with Gasteiger partial charge in [0.1, 0.15) is 0 Å². The molecule has 4 rings (SSSR count). The zero-order chi connectivity index (χ0) is 16.4. The molecule has 0 radical (unpaired) electrons. The smallest absolute Gasteiger partial charge is 0.0511 e. The summed E-state index contributed by atoms with van der Waals surface area (Å²) in [7, 11) is 0. The SMILES string of the molecule is CC(C)N1C2CCC1CN(CN1CC3CC1CN3C(C)(C)C)C2. The molecule has 132 valence electrons. The summed E-state index contributed by atoms with van der Waals surface area (Å²) >= 11 is 0. The topological polar surface area (TPSA) is 13.0 Å². The van der Waals surface area contributed by atoms with Crippen LogP contribution in [0.3, 0.4) is 0 Å². The zero-order valence-corrected chi connectivity index (χ0v) is 15.8. The van der Waals surface area contributed by atoms with Gasteiger partial charge in [-0.05, 0) is 53.9 Å². The highest BCUT2D eigenvalue weighted by atomic mass is 15.4. The third kappa shape index (κ3) is 2.86. The van der Waals surface area contributed by atoms with E-state index in [0.29, 0.717) is 5.54 Å². The first-order chi connectivity index (χ1) is 10.8. The van der Waals surface area contributed by atoms with E-state index in [2.05, 4.69) is 54.2 Å². The first kappa shape index (κ1) is 16.3. The summed E-state index contributed by atoms with van der Waals surface area (Å²) in [5, 5.41) is 0. The average molecular weight is 321 g/mol. The highest BCUT2D eigenvalue weighted by molar-refractivity contribution is 5.04. The van der Waals surface area contributed by atoms with Gasteiger partial charge < -0.3 is 0 Å². The van der Waals surface area contributed by atoms with Gasteiger partial charge in [0.2, 0.25) is 0 Å². The van der Waals surface area contributed by atoms with Crippen LogP contribution in [0.5, 0.6) is 0 Å². The van der Waals surface area contributed by atoms with E-state index >= 15 is 0 Å². The number of likely N-dealkylation sites (tertiary alicyclic amines) is 3. The van der Waals surface area contributed by atoms with Crippen LogP contribution in [-0.4, -0.2) is 88.2 Å². The molecule has 4 heteroatoms. The van der Waals surface area contributed by atoms with Gasteiger partial charge in [0.25, 0.3) is 0 Å². The van der Waals surface area contributed by atoms with Crippen LogP contribution in [0.25, 0.3) is 0 Å². The van der Waals surface area contributed by atoms with Gasteiger partial charge in [-0.1, -0.05) is 0 Å². The predicted octanol–water partition coefficient (Wildman–Crippen LogP) is 2.06. The maximum atomic E-state index is 2.80. The second-order valence-electron chi connectivity index (χ2n) is 9.74. The molecule has 4 aliphatic rings.